The highest BCUT2D eigenvalue weighted by Crippen LogP contribution is 2.27. The van der Waals surface area contributed by atoms with Crippen molar-refractivity contribution in [1.29, 1.82) is 0 Å². The molecule has 0 aromatic heterocycles. The summed E-state index contributed by atoms with van der Waals surface area (Å²) in [5.74, 6) is 0.997. The molecule has 26 heavy (non-hydrogen) atoms. The van der Waals surface area contributed by atoms with E-state index in [0.29, 0.717) is 36.2 Å². The molecule has 0 heterocycles. The molecule has 0 radical (unpaired) electrons. The number of hydrogen-bond acceptors (Lipinski definition) is 4. The van der Waals surface area contributed by atoms with E-state index in [4.69, 9.17) is 9.47 Å². The molecule has 1 aromatic rings. The topological polar surface area (TPSA) is 67.9 Å². The third-order valence-electron chi connectivity index (χ3n) is 4.95. The Labute approximate surface area is 155 Å². The Balaban J connectivity index is 1.92. The lowest BCUT2D eigenvalue weighted by Crippen LogP contribution is -2.43. The lowest BCUT2D eigenvalue weighted by molar-refractivity contribution is -0.131. The smallest absolute Gasteiger partial charge is 0.251 e. The van der Waals surface area contributed by atoms with Crippen molar-refractivity contribution in [2.75, 3.05) is 27.3 Å². The first-order valence-corrected chi connectivity index (χ1v) is 9.34. The van der Waals surface area contributed by atoms with Gasteiger partial charge in [0.2, 0.25) is 5.91 Å². The second-order valence-corrected chi connectivity index (χ2v) is 6.68. The van der Waals surface area contributed by atoms with Crippen LogP contribution in [0.5, 0.6) is 11.5 Å². The molecule has 144 valence electrons. The molecular weight excluding hydrogens is 332 g/mol. The maximum Gasteiger partial charge on any atom is 0.251 e. The van der Waals surface area contributed by atoms with Gasteiger partial charge in [-0.2, -0.15) is 0 Å². The predicted octanol–water partition coefficient (Wildman–Crippen LogP) is 3.00. The first-order valence-electron chi connectivity index (χ1n) is 9.34. The highest BCUT2D eigenvalue weighted by molar-refractivity contribution is 5.94. The number of ether oxygens (including phenoxy) is 2. The number of nitrogens with zero attached hydrogens (tertiary/aromatic N) is 1. The fourth-order valence-corrected chi connectivity index (χ4v) is 3.54. The van der Waals surface area contributed by atoms with Crippen molar-refractivity contribution in [3.63, 3.8) is 0 Å². The van der Waals surface area contributed by atoms with Crippen LogP contribution < -0.4 is 14.8 Å². The predicted molar refractivity (Wildman–Crippen MR) is 101 cm³/mol. The van der Waals surface area contributed by atoms with E-state index in [2.05, 4.69) is 5.32 Å². The van der Waals surface area contributed by atoms with Gasteiger partial charge in [-0.15, -0.1) is 0 Å². The number of carbonyl (C=O) groups is 2. The zero-order valence-electron chi connectivity index (χ0n) is 16.0. The Morgan fingerprint density at radius 3 is 2.31 bits per heavy atom. The number of carbonyl (C=O) groups excluding carboxylic acids is 2. The Morgan fingerprint density at radius 2 is 1.73 bits per heavy atom. The van der Waals surface area contributed by atoms with Crippen molar-refractivity contribution in [3.8, 4) is 11.5 Å². The zero-order valence-corrected chi connectivity index (χ0v) is 16.0. The van der Waals surface area contributed by atoms with Crippen molar-refractivity contribution in [1.82, 2.24) is 10.2 Å². The van der Waals surface area contributed by atoms with Crippen LogP contribution in [0.4, 0.5) is 0 Å². The first-order chi connectivity index (χ1) is 12.6. The summed E-state index contributed by atoms with van der Waals surface area (Å²) < 4.78 is 10.4. The lowest BCUT2D eigenvalue weighted by Gasteiger charge is -2.30. The van der Waals surface area contributed by atoms with Crippen LogP contribution in [0, 0.1) is 0 Å². The molecule has 0 unspecified atom stereocenters. The highest BCUT2D eigenvalue weighted by Gasteiger charge is 2.22. The van der Waals surface area contributed by atoms with Gasteiger partial charge in [0.05, 0.1) is 14.2 Å². The SMILES string of the molecule is COc1ccc(C(=O)NCCN(C(C)=O)C2CCCCCC2)cc1OC. The highest BCUT2D eigenvalue weighted by atomic mass is 16.5. The molecule has 0 saturated heterocycles. The molecule has 0 aliphatic heterocycles. The van der Waals surface area contributed by atoms with Gasteiger partial charge in [-0.25, -0.2) is 0 Å². The van der Waals surface area contributed by atoms with E-state index in [9.17, 15) is 9.59 Å². The number of benzene rings is 1. The summed E-state index contributed by atoms with van der Waals surface area (Å²) in [5, 5.41) is 2.90. The first kappa shape index (κ1) is 20.1. The Bertz CT molecular complexity index is 610. The number of amides is 2. The van der Waals surface area contributed by atoms with Crippen LogP contribution in [0.3, 0.4) is 0 Å². The minimum absolute atomic E-state index is 0.0808. The van der Waals surface area contributed by atoms with Crippen LogP contribution in [0.2, 0.25) is 0 Å². The van der Waals surface area contributed by atoms with Gasteiger partial charge in [0, 0.05) is 31.6 Å². The fraction of sp³-hybridized carbons (Fsp3) is 0.600. The van der Waals surface area contributed by atoms with Gasteiger partial charge in [0.25, 0.3) is 5.91 Å². The van der Waals surface area contributed by atoms with Crippen molar-refractivity contribution in [2.24, 2.45) is 0 Å². The summed E-state index contributed by atoms with van der Waals surface area (Å²) in [7, 11) is 3.10. The number of rotatable bonds is 7. The summed E-state index contributed by atoms with van der Waals surface area (Å²) >= 11 is 0. The van der Waals surface area contributed by atoms with E-state index in [1.807, 2.05) is 4.90 Å². The van der Waals surface area contributed by atoms with Gasteiger partial charge >= 0.3 is 0 Å². The average Bonchev–Trinajstić information content (AvgIpc) is 2.93. The molecule has 0 bridgehead atoms. The number of nitrogens with one attached hydrogen (secondary N) is 1. The summed E-state index contributed by atoms with van der Waals surface area (Å²) in [6, 6.07) is 5.36. The van der Waals surface area contributed by atoms with Gasteiger partial charge in [-0.3, -0.25) is 9.59 Å². The minimum Gasteiger partial charge on any atom is -0.493 e. The monoisotopic (exact) mass is 362 g/mol. The van der Waals surface area contributed by atoms with E-state index in [1.165, 1.54) is 32.8 Å². The second-order valence-electron chi connectivity index (χ2n) is 6.68. The van der Waals surface area contributed by atoms with Crippen molar-refractivity contribution in [2.45, 2.75) is 51.5 Å². The third kappa shape index (κ3) is 5.38. The van der Waals surface area contributed by atoms with Gasteiger partial charge < -0.3 is 19.7 Å². The van der Waals surface area contributed by atoms with Crippen LogP contribution in [-0.2, 0) is 4.79 Å². The molecule has 2 amide bonds. The van der Waals surface area contributed by atoms with E-state index in [0.717, 1.165) is 12.8 Å². The number of methoxy groups -OCH3 is 2. The van der Waals surface area contributed by atoms with Gasteiger partial charge in [-0.1, -0.05) is 25.7 Å². The van der Waals surface area contributed by atoms with E-state index >= 15 is 0 Å². The molecule has 1 aliphatic carbocycles. The van der Waals surface area contributed by atoms with Crippen LogP contribution in [0.15, 0.2) is 18.2 Å². The molecule has 1 fully saturated rings. The van der Waals surface area contributed by atoms with Gasteiger partial charge in [0.15, 0.2) is 11.5 Å². The maximum atomic E-state index is 12.4. The summed E-state index contributed by atoms with van der Waals surface area (Å²) in [6.07, 6.45) is 6.96. The van der Waals surface area contributed by atoms with Crippen LogP contribution >= 0.6 is 0 Å². The zero-order chi connectivity index (χ0) is 18.9. The molecule has 1 N–H and O–H groups in total. The molecule has 2 rings (SSSR count). The van der Waals surface area contributed by atoms with Crippen LogP contribution in [0.1, 0.15) is 55.8 Å². The summed E-state index contributed by atoms with van der Waals surface area (Å²) in [4.78, 5) is 26.3. The second kappa shape index (κ2) is 10.0. The molecular formula is C20H30N2O4. The van der Waals surface area contributed by atoms with Crippen molar-refractivity contribution in [3.05, 3.63) is 23.8 Å². The Kier molecular flexibility index (Phi) is 7.75. The minimum atomic E-state index is -0.185. The molecule has 1 saturated carbocycles. The van der Waals surface area contributed by atoms with E-state index in [1.54, 1.807) is 32.2 Å². The summed E-state index contributed by atoms with van der Waals surface area (Å²) in [5.41, 5.74) is 0.506. The van der Waals surface area contributed by atoms with Crippen LogP contribution in [-0.4, -0.2) is 50.1 Å². The van der Waals surface area contributed by atoms with Crippen molar-refractivity contribution >= 4 is 11.8 Å². The van der Waals surface area contributed by atoms with Crippen LogP contribution in [0.25, 0.3) is 0 Å². The molecule has 1 aromatic carbocycles. The Morgan fingerprint density at radius 1 is 1.08 bits per heavy atom. The lowest BCUT2D eigenvalue weighted by atomic mass is 10.1. The van der Waals surface area contributed by atoms with E-state index < -0.39 is 0 Å². The van der Waals surface area contributed by atoms with Gasteiger partial charge in [-0.05, 0) is 31.0 Å². The number of hydrogen-bond donors (Lipinski definition) is 1. The van der Waals surface area contributed by atoms with E-state index in [-0.39, 0.29) is 11.8 Å². The molecule has 6 nitrogen and oxygen atoms in total. The average molecular weight is 362 g/mol. The summed E-state index contributed by atoms with van der Waals surface area (Å²) in [6.45, 7) is 2.59. The standard InChI is InChI=1S/C20H30N2O4/c1-15(23)22(17-8-6-4-5-7-9-17)13-12-21-20(24)16-10-11-18(25-2)19(14-16)26-3/h10-11,14,17H,4-9,12-13H2,1-3H3,(H,21,24). The normalized spacial score (nSPS) is 15.0. The maximum absolute atomic E-state index is 12.4. The quantitative estimate of drug-likeness (QED) is 0.757. The Hall–Kier alpha value is -2.24. The molecule has 6 heteroatoms. The third-order valence-corrected chi connectivity index (χ3v) is 4.95. The van der Waals surface area contributed by atoms with Crippen molar-refractivity contribution < 1.29 is 19.1 Å². The largest absolute Gasteiger partial charge is 0.493 e. The molecule has 0 spiro atoms. The molecule has 0 atom stereocenters. The molecule has 1 aliphatic rings. The fourth-order valence-electron chi connectivity index (χ4n) is 3.54. The van der Waals surface area contributed by atoms with Gasteiger partial charge in [0.1, 0.15) is 0 Å².